The third kappa shape index (κ3) is 4.19. The summed E-state index contributed by atoms with van der Waals surface area (Å²) in [5.41, 5.74) is 4.46. The van der Waals surface area contributed by atoms with Gasteiger partial charge in [-0.2, -0.15) is 0 Å². The largest absolute Gasteiger partial charge is 0.491 e. The Labute approximate surface area is 172 Å². The van der Waals surface area contributed by atoms with Crippen LogP contribution in [0.15, 0.2) is 48.2 Å². The molecule has 0 fully saturated rings. The van der Waals surface area contributed by atoms with Gasteiger partial charge in [0.15, 0.2) is 0 Å². The van der Waals surface area contributed by atoms with Crippen molar-refractivity contribution in [2.24, 2.45) is 0 Å². The van der Waals surface area contributed by atoms with Gasteiger partial charge in [-0.25, -0.2) is 0 Å². The van der Waals surface area contributed by atoms with Gasteiger partial charge in [-0.05, 0) is 82.5 Å². The van der Waals surface area contributed by atoms with E-state index in [-0.39, 0.29) is 24.0 Å². The second-order valence-electron chi connectivity index (χ2n) is 7.94. The summed E-state index contributed by atoms with van der Waals surface area (Å²) >= 11 is 0. The van der Waals surface area contributed by atoms with E-state index >= 15 is 0 Å². The molecule has 1 N–H and O–H groups in total. The Bertz CT molecular complexity index is 972. The summed E-state index contributed by atoms with van der Waals surface area (Å²) in [7, 11) is 0. The van der Waals surface area contributed by atoms with Crippen LogP contribution in [0.25, 0.3) is 5.57 Å². The maximum atomic E-state index is 13.1. The van der Waals surface area contributed by atoms with E-state index in [4.69, 9.17) is 4.74 Å². The average Bonchev–Trinajstić information content (AvgIpc) is 2.88. The Morgan fingerprint density at radius 3 is 2.07 bits per heavy atom. The summed E-state index contributed by atoms with van der Waals surface area (Å²) in [6.45, 7) is 11.7. The molecule has 1 aliphatic rings. The number of carbonyl (C=O) groups excluding carboxylic acids is 2. The van der Waals surface area contributed by atoms with E-state index in [9.17, 15) is 9.59 Å². The van der Waals surface area contributed by atoms with Crippen molar-refractivity contribution in [3.63, 3.8) is 0 Å². The van der Waals surface area contributed by atoms with Gasteiger partial charge in [-0.15, -0.1) is 0 Å². The van der Waals surface area contributed by atoms with Gasteiger partial charge >= 0.3 is 0 Å². The minimum Gasteiger partial charge on any atom is -0.491 e. The number of carbonyl (C=O) groups is 2. The lowest BCUT2D eigenvalue weighted by molar-refractivity contribution is -0.138. The first kappa shape index (κ1) is 20.6. The van der Waals surface area contributed by atoms with Gasteiger partial charge < -0.3 is 10.1 Å². The van der Waals surface area contributed by atoms with Crippen LogP contribution < -0.4 is 10.1 Å². The third-order valence-electron chi connectivity index (χ3n) is 4.92. The molecule has 0 aromatic heterocycles. The summed E-state index contributed by atoms with van der Waals surface area (Å²) < 4.78 is 5.69. The monoisotopic (exact) mass is 392 g/mol. The zero-order valence-electron chi connectivity index (χ0n) is 17.9. The number of anilines is 1. The Morgan fingerprint density at radius 1 is 0.862 bits per heavy atom. The van der Waals surface area contributed by atoms with E-state index in [1.54, 1.807) is 0 Å². The molecule has 0 spiro atoms. The summed E-state index contributed by atoms with van der Waals surface area (Å²) in [6.07, 6.45) is 0.0631. The predicted molar refractivity (Wildman–Crippen MR) is 116 cm³/mol. The average molecular weight is 392 g/mol. The summed E-state index contributed by atoms with van der Waals surface area (Å²) in [5, 5.41) is 3.21. The lowest BCUT2D eigenvalue weighted by Crippen LogP contribution is -2.38. The molecule has 152 valence electrons. The topological polar surface area (TPSA) is 58.6 Å². The quantitative estimate of drug-likeness (QED) is 0.725. The fourth-order valence-electron chi connectivity index (χ4n) is 3.34. The van der Waals surface area contributed by atoms with Crippen LogP contribution in [0.3, 0.4) is 0 Å². The van der Waals surface area contributed by atoms with E-state index in [2.05, 4.69) is 5.32 Å². The summed E-state index contributed by atoms with van der Waals surface area (Å²) in [4.78, 5) is 27.5. The molecule has 0 saturated heterocycles. The smallest absolute Gasteiger partial charge is 0.278 e. The maximum absolute atomic E-state index is 13.1. The number of ether oxygens (including phenoxy) is 1. The van der Waals surface area contributed by atoms with Crippen LogP contribution in [0, 0.1) is 13.8 Å². The van der Waals surface area contributed by atoms with Gasteiger partial charge in [0.2, 0.25) is 0 Å². The molecule has 0 atom stereocenters. The Hall–Kier alpha value is -3.08. The SMILES string of the molecule is Cc1ccc(NC2=C(c3ccc(OC(C)C)cc3)C(=O)N(C(C)C)C2=O)cc1C. The molecule has 0 bridgehead atoms. The number of rotatable bonds is 6. The van der Waals surface area contributed by atoms with Crippen molar-refractivity contribution in [3.05, 3.63) is 64.9 Å². The molecule has 0 unspecified atom stereocenters. The molecule has 5 heteroatoms. The van der Waals surface area contributed by atoms with Crippen LogP contribution in [0.4, 0.5) is 5.69 Å². The molecular weight excluding hydrogens is 364 g/mol. The maximum Gasteiger partial charge on any atom is 0.278 e. The molecule has 29 heavy (non-hydrogen) atoms. The van der Waals surface area contributed by atoms with E-state index in [1.807, 2.05) is 84.0 Å². The van der Waals surface area contributed by atoms with E-state index in [1.165, 1.54) is 10.5 Å². The molecule has 2 aromatic rings. The number of nitrogens with one attached hydrogen (secondary N) is 1. The second-order valence-corrected chi connectivity index (χ2v) is 7.94. The molecule has 2 amide bonds. The van der Waals surface area contributed by atoms with Gasteiger partial charge in [0.1, 0.15) is 11.4 Å². The highest BCUT2D eigenvalue weighted by atomic mass is 16.5. The molecule has 1 heterocycles. The van der Waals surface area contributed by atoms with Crippen LogP contribution >= 0.6 is 0 Å². The first-order chi connectivity index (χ1) is 13.7. The highest BCUT2D eigenvalue weighted by molar-refractivity contribution is 6.36. The van der Waals surface area contributed by atoms with Crippen LogP contribution in [-0.4, -0.2) is 28.9 Å². The van der Waals surface area contributed by atoms with E-state index in [0.29, 0.717) is 16.8 Å². The van der Waals surface area contributed by atoms with E-state index in [0.717, 1.165) is 17.0 Å². The van der Waals surface area contributed by atoms with Crippen molar-refractivity contribution in [3.8, 4) is 5.75 Å². The molecule has 1 aliphatic heterocycles. The number of imide groups is 1. The zero-order chi connectivity index (χ0) is 21.3. The standard InChI is InChI=1S/C24H28N2O3/c1-14(2)26-23(27)21(18-8-11-20(12-9-18)29-15(3)4)22(24(26)28)25-19-10-7-16(5)17(6)13-19/h7-15,25H,1-6H3. The number of aryl methyl sites for hydroxylation is 2. The predicted octanol–water partition coefficient (Wildman–Crippen LogP) is 4.69. The van der Waals surface area contributed by atoms with Gasteiger partial charge in [-0.1, -0.05) is 18.2 Å². The first-order valence-electron chi connectivity index (χ1n) is 9.92. The first-order valence-corrected chi connectivity index (χ1v) is 9.92. The summed E-state index contributed by atoms with van der Waals surface area (Å²) in [6, 6.07) is 13.0. The Morgan fingerprint density at radius 2 is 1.52 bits per heavy atom. The fraction of sp³-hybridized carbons (Fsp3) is 0.333. The highest BCUT2D eigenvalue weighted by Gasteiger charge is 2.40. The molecular formula is C24H28N2O3. The lowest BCUT2D eigenvalue weighted by Gasteiger charge is -2.19. The molecule has 0 radical (unpaired) electrons. The van der Waals surface area contributed by atoms with Crippen LogP contribution in [0.2, 0.25) is 0 Å². The van der Waals surface area contributed by atoms with Crippen molar-refractivity contribution in [2.75, 3.05) is 5.32 Å². The van der Waals surface area contributed by atoms with Crippen molar-refractivity contribution in [1.82, 2.24) is 4.90 Å². The summed E-state index contributed by atoms with van der Waals surface area (Å²) in [5.74, 6) is 0.139. The fourth-order valence-corrected chi connectivity index (χ4v) is 3.34. The lowest BCUT2D eigenvalue weighted by atomic mass is 10.0. The van der Waals surface area contributed by atoms with Gasteiger partial charge in [-0.3, -0.25) is 14.5 Å². The molecule has 0 aliphatic carbocycles. The Kier molecular flexibility index (Phi) is 5.78. The van der Waals surface area contributed by atoms with Crippen molar-refractivity contribution in [1.29, 1.82) is 0 Å². The van der Waals surface area contributed by atoms with Crippen LogP contribution in [0.1, 0.15) is 44.4 Å². The van der Waals surface area contributed by atoms with E-state index < -0.39 is 0 Å². The van der Waals surface area contributed by atoms with Crippen LogP contribution in [-0.2, 0) is 9.59 Å². The van der Waals surface area contributed by atoms with Gasteiger partial charge in [0.25, 0.3) is 11.8 Å². The molecule has 0 saturated carbocycles. The van der Waals surface area contributed by atoms with Crippen molar-refractivity contribution < 1.29 is 14.3 Å². The normalized spacial score (nSPS) is 14.4. The Balaban J connectivity index is 2.04. The number of nitrogens with zero attached hydrogens (tertiary/aromatic N) is 1. The molecule has 3 rings (SSSR count). The number of hydrogen-bond acceptors (Lipinski definition) is 4. The molecule has 5 nitrogen and oxygen atoms in total. The minimum absolute atomic E-state index is 0.0631. The van der Waals surface area contributed by atoms with Crippen molar-refractivity contribution >= 4 is 23.1 Å². The van der Waals surface area contributed by atoms with Gasteiger partial charge in [0.05, 0.1) is 11.7 Å². The number of hydrogen-bond donors (Lipinski definition) is 1. The second kappa shape index (κ2) is 8.11. The van der Waals surface area contributed by atoms with Crippen molar-refractivity contribution in [2.45, 2.75) is 53.7 Å². The minimum atomic E-state index is -0.305. The number of amides is 2. The number of benzene rings is 2. The highest BCUT2D eigenvalue weighted by Crippen LogP contribution is 2.32. The molecule has 2 aromatic carbocycles. The third-order valence-corrected chi connectivity index (χ3v) is 4.92. The van der Waals surface area contributed by atoms with Crippen LogP contribution in [0.5, 0.6) is 5.75 Å². The zero-order valence-corrected chi connectivity index (χ0v) is 17.9. The van der Waals surface area contributed by atoms with Gasteiger partial charge in [0, 0.05) is 11.7 Å².